The van der Waals surface area contributed by atoms with E-state index < -0.39 is 0 Å². The van der Waals surface area contributed by atoms with E-state index in [1.165, 1.54) is 0 Å². The molecule has 0 aliphatic heterocycles. The zero-order valence-corrected chi connectivity index (χ0v) is 11.7. The molecule has 0 aromatic rings. The van der Waals surface area contributed by atoms with Gasteiger partial charge in [0.1, 0.15) is 5.54 Å². The third-order valence-electron chi connectivity index (χ3n) is 2.92. The van der Waals surface area contributed by atoms with Gasteiger partial charge in [-0.2, -0.15) is 5.26 Å². The molecule has 0 aromatic carbocycles. The third kappa shape index (κ3) is 6.09. The second kappa shape index (κ2) is 6.88. The molecule has 1 N–H and O–H groups in total. The van der Waals surface area contributed by atoms with Crippen LogP contribution in [-0.4, -0.2) is 36.1 Å². The first-order chi connectivity index (χ1) is 7.30. The van der Waals surface area contributed by atoms with Gasteiger partial charge in [0.05, 0.1) is 6.07 Å². The van der Waals surface area contributed by atoms with Crippen molar-refractivity contribution < 1.29 is 0 Å². The number of hydrogen-bond acceptors (Lipinski definition) is 3. The summed E-state index contributed by atoms with van der Waals surface area (Å²) in [5.41, 5.74) is -0.383. The van der Waals surface area contributed by atoms with E-state index in [1.807, 2.05) is 6.92 Å². The first-order valence-corrected chi connectivity index (χ1v) is 6.20. The molecule has 3 heteroatoms. The lowest BCUT2D eigenvalue weighted by Crippen LogP contribution is -2.45. The fourth-order valence-electron chi connectivity index (χ4n) is 1.74. The average Bonchev–Trinajstić information content (AvgIpc) is 2.16. The molecule has 0 aliphatic rings. The van der Waals surface area contributed by atoms with Gasteiger partial charge in [-0.1, -0.05) is 0 Å². The molecule has 1 atom stereocenters. The summed E-state index contributed by atoms with van der Waals surface area (Å²) in [6.07, 6.45) is 1.96. The molecule has 94 valence electrons. The molecule has 0 saturated heterocycles. The molecule has 0 amide bonds. The lowest BCUT2D eigenvalue weighted by molar-refractivity contribution is 0.254. The van der Waals surface area contributed by atoms with Crippen molar-refractivity contribution >= 4 is 0 Å². The molecule has 16 heavy (non-hydrogen) atoms. The summed E-state index contributed by atoms with van der Waals surface area (Å²) in [7, 11) is 2.13. The van der Waals surface area contributed by atoms with E-state index in [0.29, 0.717) is 12.1 Å². The summed E-state index contributed by atoms with van der Waals surface area (Å²) >= 11 is 0. The molecule has 0 saturated carbocycles. The van der Waals surface area contributed by atoms with E-state index >= 15 is 0 Å². The van der Waals surface area contributed by atoms with Gasteiger partial charge in [-0.15, -0.1) is 0 Å². The molecule has 0 heterocycles. The zero-order chi connectivity index (χ0) is 12.8. The maximum absolute atomic E-state index is 9.18. The molecule has 0 bridgehead atoms. The van der Waals surface area contributed by atoms with E-state index in [1.54, 1.807) is 0 Å². The highest BCUT2D eigenvalue weighted by molar-refractivity contribution is 5.04. The van der Waals surface area contributed by atoms with Crippen LogP contribution in [0.25, 0.3) is 0 Å². The van der Waals surface area contributed by atoms with E-state index in [0.717, 1.165) is 19.4 Å². The fourth-order valence-corrected chi connectivity index (χ4v) is 1.74. The Kier molecular flexibility index (Phi) is 6.62. The van der Waals surface area contributed by atoms with Gasteiger partial charge >= 0.3 is 0 Å². The molecule has 0 radical (unpaired) electrons. The largest absolute Gasteiger partial charge is 0.304 e. The molecule has 0 aliphatic carbocycles. The molecular weight excluding hydrogens is 198 g/mol. The van der Waals surface area contributed by atoms with Crippen LogP contribution in [0.5, 0.6) is 0 Å². The first-order valence-electron chi connectivity index (χ1n) is 6.20. The maximum atomic E-state index is 9.18. The Hall–Kier alpha value is -0.590. The van der Waals surface area contributed by atoms with E-state index in [2.05, 4.69) is 51.0 Å². The Morgan fingerprint density at radius 1 is 1.31 bits per heavy atom. The predicted molar refractivity (Wildman–Crippen MR) is 69.3 cm³/mol. The smallest absolute Gasteiger partial charge is 0.104 e. The lowest BCUT2D eigenvalue weighted by atomic mass is 9.96. The van der Waals surface area contributed by atoms with Gasteiger partial charge in [-0.05, 0) is 61.1 Å². The Balaban J connectivity index is 4.02. The Morgan fingerprint density at radius 2 is 1.88 bits per heavy atom. The van der Waals surface area contributed by atoms with Gasteiger partial charge in [-0.25, -0.2) is 0 Å². The number of nitriles is 1. The van der Waals surface area contributed by atoms with Crippen molar-refractivity contribution in [2.24, 2.45) is 0 Å². The normalized spacial score (nSPS) is 15.5. The average molecular weight is 225 g/mol. The number of nitrogens with one attached hydrogen (secondary N) is 1. The van der Waals surface area contributed by atoms with Crippen molar-refractivity contribution in [2.45, 2.75) is 65.1 Å². The minimum atomic E-state index is -0.383. The highest BCUT2D eigenvalue weighted by Crippen LogP contribution is 2.13. The standard InChI is InChI=1S/C13H27N3/c1-11(2)15-13(5,10-14)8-7-9-16(6)12(3)4/h11-12,15H,7-9H2,1-6H3. The van der Waals surface area contributed by atoms with Gasteiger partial charge < -0.3 is 4.90 Å². The topological polar surface area (TPSA) is 39.1 Å². The van der Waals surface area contributed by atoms with E-state index in [9.17, 15) is 5.26 Å². The summed E-state index contributed by atoms with van der Waals surface area (Å²) in [5, 5.41) is 12.5. The quantitative estimate of drug-likeness (QED) is 0.723. The van der Waals surface area contributed by atoms with E-state index in [4.69, 9.17) is 0 Å². The Morgan fingerprint density at radius 3 is 2.25 bits per heavy atom. The number of hydrogen-bond donors (Lipinski definition) is 1. The van der Waals surface area contributed by atoms with Crippen molar-refractivity contribution in [3.05, 3.63) is 0 Å². The van der Waals surface area contributed by atoms with Crippen LogP contribution in [0.1, 0.15) is 47.5 Å². The van der Waals surface area contributed by atoms with Crippen molar-refractivity contribution in [3.63, 3.8) is 0 Å². The van der Waals surface area contributed by atoms with Gasteiger partial charge in [0.25, 0.3) is 0 Å². The summed E-state index contributed by atoms with van der Waals surface area (Å²) in [6, 6.07) is 3.31. The van der Waals surface area contributed by atoms with Crippen LogP contribution in [0.4, 0.5) is 0 Å². The first kappa shape index (κ1) is 15.4. The van der Waals surface area contributed by atoms with Crippen LogP contribution >= 0.6 is 0 Å². The Bertz CT molecular complexity index is 230. The third-order valence-corrected chi connectivity index (χ3v) is 2.92. The monoisotopic (exact) mass is 225 g/mol. The number of rotatable bonds is 7. The molecule has 0 rings (SSSR count). The molecule has 0 aromatic heterocycles. The van der Waals surface area contributed by atoms with Crippen LogP contribution in [0.15, 0.2) is 0 Å². The molecule has 1 unspecified atom stereocenters. The lowest BCUT2D eigenvalue weighted by Gasteiger charge is -2.27. The van der Waals surface area contributed by atoms with Gasteiger partial charge in [0.2, 0.25) is 0 Å². The summed E-state index contributed by atoms with van der Waals surface area (Å²) in [6.45, 7) is 11.6. The predicted octanol–water partition coefficient (Wildman–Crippen LogP) is 2.39. The summed E-state index contributed by atoms with van der Waals surface area (Å²) < 4.78 is 0. The summed E-state index contributed by atoms with van der Waals surface area (Å²) in [5.74, 6) is 0. The van der Waals surface area contributed by atoms with Gasteiger partial charge in [0.15, 0.2) is 0 Å². The fraction of sp³-hybridized carbons (Fsp3) is 0.923. The van der Waals surface area contributed by atoms with Gasteiger partial charge in [-0.3, -0.25) is 5.32 Å². The van der Waals surface area contributed by atoms with E-state index in [-0.39, 0.29) is 5.54 Å². The Labute approximate surface area is 101 Å². The zero-order valence-electron chi connectivity index (χ0n) is 11.7. The molecule has 3 nitrogen and oxygen atoms in total. The molecule has 0 fully saturated rings. The minimum Gasteiger partial charge on any atom is -0.304 e. The molecular formula is C13H27N3. The minimum absolute atomic E-state index is 0.354. The second-order valence-corrected chi connectivity index (χ2v) is 5.42. The van der Waals surface area contributed by atoms with Crippen LogP contribution < -0.4 is 5.32 Å². The van der Waals surface area contributed by atoms with Gasteiger partial charge in [0, 0.05) is 12.1 Å². The SMILES string of the molecule is CC(C)NC(C)(C#N)CCCN(C)C(C)C. The van der Waals surface area contributed by atoms with Crippen LogP contribution in [0, 0.1) is 11.3 Å². The van der Waals surface area contributed by atoms with Crippen molar-refractivity contribution in [1.29, 1.82) is 5.26 Å². The van der Waals surface area contributed by atoms with Crippen LogP contribution in [0.2, 0.25) is 0 Å². The maximum Gasteiger partial charge on any atom is 0.104 e. The second-order valence-electron chi connectivity index (χ2n) is 5.42. The highest BCUT2D eigenvalue weighted by atomic mass is 15.1. The number of nitrogens with zero attached hydrogens (tertiary/aromatic N) is 2. The highest BCUT2D eigenvalue weighted by Gasteiger charge is 2.23. The van der Waals surface area contributed by atoms with Crippen molar-refractivity contribution in [2.75, 3.05) is 13.6 Å². The van der Waals surface area contributed by atoms with Crippen molar-refractivity contribution in [1.82, 2.24) is 10.2 Å². The molecule has 0 spiro atoms. The summed E-state index contributed by atoms with van der Waals surface area (Å²) in [4.78, 5) is 2.31. The van der Waals surface area contributed by atoms with Crippen LogP contribution in [0.3, 0.4) is 0 Å². The van der Waals surface area contributed by atoms with Crippen molar-refractivity contribution in [3.8, 4) is 6.07 Å². The van der Waals surface area contributed by atoms with Crippen LogP contribution in [-0.2, 0) is 0 Å².